The molecule has 0 saturated heterocycles. The van der Waals surface area contributed by atoms with Gasteiger partial charge in [0.1, 0.15) is 16.1 Å². The average molecular weight is 397 g/mol. The summed E-state index contributed by atoms with van der Waals surface area (Å²) in [6.45, 7) is 0. The summed E-state index contributed by atoms with van der Waals surface area (Å²) >= 11 is 3.17. The smallest absolute Gasteiger partial charge is 0.305 e. The van der Waals surface area contributed by atoms with Crippen molar-refractivity contribution in [3.8, 4) is 5.75 Å². The van der Waals surface area contributed by atoms with Crippen molar-refractivity contribution >= 4 is 27.8 Å². The number of aromatic nitrogens is 1. The Labute approximate surface area is 145 Å². The summed E-state index contributed by atoms with van der Waals surface area (Å²) in [6, 6.07) is 7.65. The Balaban J connectivity index is 2.26. The van der Waals surface area contributed by atoms with E-state index in [2.05, 4.69) is 26.2 Å². The number of benzene rings is 1. The van der Waals surface area contributed by atoms with Gasteiger partial charge in [-0.3, -0.25) is 9.59 Å². The van der Waals surface area contributed by atoms with Gasteiger partial charge in [-0.25, -0.2) is 9.37 Å². The minimum atomic E-state index is -1.16. The van der Waals surface area contributed by atoms with Crippen molar-refractivity contribution in [2.45, 2.75) is 12.5 Å². The molecular formula is C16H14BrFN2O4. The largest absolute Gasteiger partial charge is 0.494 e. The van der Waals surface area contributed by atoms with Crippen molar-refractivity contribution in [1.29, 1.82) is 0 Å². The number of amides is 1. The first kappa shape index (κ1) is 17.9. The molecule has 0 aliphatic carbocycles. The normalized spacial score (nSPS) is 11.6. The van der Waals surface area contributed by atoms with Crippen LogP contribution in [-0.2, 0) is 4.79 Å². The lowest BCUT2D eigenvalue weighted by atomic mass is 10.0. The molecule has 1 atom stereocenters. The van der Waals surface area contributed by atoms with Crippen LogP contribution in [0.15, 0.2) is 41.0 Å². The molecule has 8 heteroatoms. The number of pyridine rings is 1. The van der Waals surface area contributed by atoms with Crippen molar-refractivity contribution in [2.75, 3.05) is 7.11 Å². The molecule has 0 fully saturated rings. The summed E-state index contributed by atoms with van der Waals surface area (Å²) in [6.07, 6.45) is -0.454. The number of ether oxygens (including phenoxy) is 1. The highest BCUT2D eigenvalue weighted by atomic mass is 79.9. The van der Waals surface area contributed by atoms with E-state index < -0.39 is 30.2 Å². The zero-order chi connectivity index (χ0) is 17.7. The van der Waals surface area contributed by atoms with Gasteiger partial charge in [-0.15, -0.1) is 0 Å². The van der Waals surface area contributed by atoms with E-state index in [-0.39, 0.29) is 11.3 Å². The van der Waals surface area contributed by atoms with Gasteiger partial charge in [0.25, 0.3) is 5.91 Å². The van der Waals surface area contributed by atoms with E-state index in [9.17, 15) is 14.0 Å². The number of carbonyl (C=O) groups excluding carboxylic acids is 1. The van der Waals surface area contributed by atoms with Gasteiger partial charge in [-0.2, -0.15) is 0 Å². The SMILES string of the molecule is COc1ccc(C(=O)N[C@@H](CC(=O)O)c2ccccc2F)nc1Br. The maximum absolute atomic E-state index is 13.9. The molecule has 0 radical (unpaired) electrons. The lowest BCUT2D eigenvalue weighted by molar-refractivity contribution is -0.137. The van der Waals surface area contributed by atoms with E-state index in [1.165, 1.54) is 31.4 Å². The van der Waals surface area contributed by atoms with E-state index in [1.807, 2.05) is 0 Å². The number of hydrogen-bond acceptors (Lipinski definition) is 4. The Bertz CT molecular complexity index is 769. The highest BCUT2D eigenvalue weighted by molar-refractivity contribution is 9.10. The molecule has 0 spiro atoms. The zero-order valence-corrected chi connectivity index (χ0v) is 14.2. The Morgan fingerprint density at radius 2 is 2.04 bits per heavy atom. The minimum Gasteiger partial charge on any atom is -0.494 e. The van der Waals surface area contributed by atoms with Gasteiger partial charge in [0.2, 0.25) is 0 Å². The number of halogens is 2. The average Bonchev–Trinajstić information content (AvgIpc) is 2.54. The van der Waals surface area contributed by atoms with Gasteiger partial charge in [-0.1, -0.05) is 18.2 Å². The Morgan fingerprint density at radius 1 is 1.33 bits per heavy atom. The van der Waals surface area contributed by atoms with Gasteiger partial charge < -0.3 is 15.2 Å². The molecule has 2 rings (SSSR count). The topological polar surface area (TPSA) is 88.5 Å². The summed E-state index contributed by atoms with van der Waals surface area (Å²) in [5, 5.41) is 11.5. The van der Waals surface area contributed by atoms with Crippen LogP contribution in [0.2, 0.25) is 0 Å². The summed E-state index contributed by atoms with van der Waals surface area (Å²) < 4.78 is 19.3. The fourth-order valence-corrected chi connectivity index (χ4v) is 2.59. The molecule has 2 N–H and O–H groups in total. The molecule has 0 aliphatic heterocycles. The quantitative estimate of drug-likeness (QED) is 0.732. The van der Waals surface area contributed by atoms with Crippen LogP contribution in [0, 0.1) is 5.82 Å². The highest BCUT2D eigenvalue weighted by Gasteiger charge is 2.22. The number of carboxylic acids is 1. The van der Waals surface area contributed by atoms with Crippen LogP contribution in [0.5, 0.6) is 5.75 Å². The molecule has 0 saturated carbocycles. The molecule has 2 aromatic rings. The van der Waals surface area contributed by atoms with Crippen molar-refractivity contribution in [3.05, 3.63) is 58.1 Å². The third kappa shape index (κ3) is 4.29. The van der Waals surface area contributed by atoms with Gasteiger partial charge in [0.15, 0.2) is 5.75 Å². The third-order valence-corrected chi connectivity index (χ3v) is 3.80. The number of hydrogen-bond donors (Lipinski definition) is 2. The maximum Gasteiger partial charge on any atom is 0.305 e. The van der Waals surface area contributed by atoms with Gasteiger partial charge in [0, 0.05) is 5.56 Å². The summed E-state index contributed by atoms with van der Waals surface area (Å²) in [4.78, 5) is 27.4. The summed E-state index contributed by atoms with van der Waals surface area (Å²) in [7, 11) is 1.46. The minimum absolute atomic E-state index is 0.0504. The molecule has 1 amide bonds. The van der Waals surface area contributed by atoms with E-state index in [4.69, 9.17) is 9.84 Å². The fraction of sp³-hybridized carbons (Fsp3) is 0.188. The molecule has 24 heavy (non-hydrogen) atoms. The van der Waals surface area contributed by atoms with E-state index in [0.29, 0.717) is 10.4 Å². The van der Waals surface area contributed by atoms with Crippen molar-refractivity contribution in [1.82, 2.24) is 10.3 Å². The number of nitrogens with one attached hydrogen (secondary N) is 1. The molecule has 0 aliphatic rings. The second-order valence-corrected chi connectivity index (χ2v) is 5.59. The van der Waals surface area contributed by atoms with Crippen molar-refractivity contribution in [3.63, 3.8) is 0 Å². The summed E-state index contributed by atoms with van der Waals surface area (Å²) in [5.74, 6) is -1.92. The molecule has 1 heterocycles. The number of methoxy groups -OCH3 is 1. The predicted molar refractivity (Wildman–Crippen MR) is 87.3 cm³/mol. The van der Waals surface area contributed by atoms with Crippen LogP contribution in [0.3, 0.4) is 0 Å². The molecule has 1 aromatic heterocycles. The first-order valence-electron chi connectivity index (χ1n) is 6.90. The van der Waals surface area contributed by atoms with Gasteiger partial charge in [0.05, 0.1) is 19.6 Å². The number of rotatable bonds is 6. The Hall–Kier alpha value is -2.48. The molecule has 1 aromatic carbocycles. The van der Waals surface area contributed by atoms with Gasteiger partial charge >= 0.3 is 5.97 Å². The highest BCUT2D eigenvalue weighted by Crippen LogP contribution is 2.24. The molecule has 126 valence electrons. The van der Waals surface area contributed by atoms with E-state index >= 15 is 0 Å². The Morgan fingerprint density at radius 3 is 2.62 bits per heavy atom. The van der Waals surface area contributed by atoms with Crippen LogP contribution in [-0.4, -0.2) is 29.1 Å². The van der Waals surface area contributed by atoms with E-state index in [0.717, 1.165) is 0 Å². The molecule has 6 nitrogen and oxygen atoms in total. The third-order valence-electron chi connectivity index (χ3n) is 3.23. The van der Waals surface area contributed by atoms with Crippen LogP contribution >= 0.6 is 15.9 Å². The van der Waals surface area contributed by atoms with Crippen LogP contribution in [0.4, 0.5) is 4.39 Å². The number of carbonyl (C=O) groups is 2. The lowest BCUT2D eigenvalue weighted by Crippen LogP contribution is -2.31. The van der Waals surface area contributed by atoms with Crippen LogP contribution in [0.1, 0.15) is 28.5 Å². The first-order valence-corrected chi connectivity index (χ1v) is 7.69. The summed E-state index contributed by atoms with van der Waals surface area (Å²) in [5.41, 5.74) is 0.148. The molecular weight excluding hydrogens is 383 g/mol. The molecule has 0 bridgehead atoms. The standard InChI is InChI=1S/C16H14BrFN2O4/c1-24-13-7-6-11(19-15(13)17)16(23)20-12(8-14(21)22)9-4-2-3-5-10(9)18/h2-7,12H,8H2,1H3,(H,20,23)(H,21,22)/t12-/m0/s1. The second kappa shape index (κ2) is 7.87. The fourth-order valence-electron chi connectivity index (χ4n) is 2.10. The monoisotopic (exact) mass is 396 g/mol. The number of nitrogens with zero attached hydrogens (tertiary/aromatic N) is 1. The van der Waals surface area contributed by atoms with Crippen molar-refractivity contribution in [2.24, 2.45) is 0 Å². The lowest BCUT2D eigenvalue weighted by Gasteiger charge is -2.18. The van der Waals surface area contributed by atoms with Crippen LogP contribution in [0.25, 0.3) is 0 Å². The number of carboxylic acid groups (broad SMARTS) is 1. The zero-order valence-electron chi connectivity index (χ0n) is 12.6. The van der Waals surface area contributed by atoms with E-state index in [1.54, 1.807) is 12.1 Å². The molecule has 0 unspecified atom stereocenters. The van der Waals surface area contributed by atoms with Crippen LogP contribution < -0.4 is 10.1 Å². The van der Waals surface area contributed by atoms with Crippen molar-refractivity contribution < 1.29 is 23.8 Å². The Kier molecular flexibility index (Phi) is 5.86. The van der Waals surface area contributed by atoms with Gasteiger partial charge in [-0.05, 0) is 34.1 Å². The second-order valence-electron chi connectivity index (χ2n) is 4.83. The maximum atomic E-state index is 13.9. The predicted octanol–water partition coefficient (Wildman–Crippen LogP) is 2.94. The number of aliphatic carboxylic acids is 1. The first-order chi connectivity index (χ1) is 11.4.